The second-order valence-corrected chi connectivity index (χ2v) is 7.31. The molecule has 0 aliphatic carbocycles. The standard InChI is InChI=1S/C22H32N4O3/c1-28-21-4-2-3-5-22(21)29-17-20(27)16-26-14-8-19(9-15-26)25-13-12-24-18-6-10-23-11-7-18/h2-7,10-11,19-20,25,27H,8-9,12-17H2,1H3,(H,23,24). The van der Waals surface area contributed by atoms with Gasteiger partial charge in [0.1, 0.15) is 12.7 Å². The van der Waals surface area contributed by atoms with Crippen molar-refractivity contribution in [2.75, 3.05) is 51.8 Å². The maximum atomic E-state index is 10.3. The molecule has 1 aliphatic heterocycles. The summed E-state index contributed by atoms with van der Waals surface area (Å²) in [6.07, 6.45) is 5.25. The molecule has 1 atom stereocenters. The second kappa shape index (κ2) is 11.6. The Bertz CT molecular complexity index is 708. The number of hydrogen-bond acceptors (Lipinski definition) is 7. The highest BCUT2D eigenvalue weighted by molar-refractivity contribution is 5.40. The highest BCUT2D eigenvalue weighted by Gasteiger charge is 2.21. The number of hydrogen-bond donors (Lipinski definition) is 3. The summed E-state index contributed by atoms with van der Waals surface area (Å²) in [7, 11) is 1.62. The first-order chi connectivity index (χ1) is 14.2. The first kappa shape index (κ1) is 21.4. The predicted molar refractivity (Wildman–Crippen MR) is 115 cm³/mol. The van der Waals surface area contributed by atoms with Crippen molar-refractivity contribution in [1.29, 1.82) is 0 Å². The number of methoxy groups -OCH3 is 1. The van der Waals surface area contributed by atoms with E-state index in [9.17, 15) is 5.11 Å². The minimum atomic E-state index is -0.519. The van der Waals surface area contributed by atoms with Crippen LogP contribution in [0.4, 0.5) is 5.69 Å². The number of β-amino-alcohol motifs (C(OH)–C–C–N with tert-alkyl or cyclic N) is 1. The lowest BCUT2D eigenvalue weighted by Crippen LogP contribution is -2.46. The van der Waals surface area contributed by atoms with Gasteiger partial charge < -0.3 is 30.1 Å². The van der Waals surface area contributed by atoms with Gasteiger partial charge in [0.25, 0.3) is 0 Å². The number of aliphatic hydroxyl groups is 1. The fraction of sp³-hybridized carbons (Fsp3) is 0.500. The highest BCUT2D eigenvalue weighted by atomic mass is 16.5. The fourth-order valence-corrected chi connectivity index (χ4v) is 3.55. The van der Waals surface area contributed by atoms with Crippen LogP contribution in [0.2, 0.25) is 0 Å². The molecule has 0 bridgehead atoms. The van der Waals surface area contributed by atoms with Gasteiger partial charge in [0, 0.05) is 43.8 Å². The molecule has 1 unspecified atom stereocenters. The number of likely N-dealkylation sites (tertiary alicyclic amines) is 1. The molecule has 0 saturated carbocycles. The molecule has 2 aromatic rings. The third-order valence-corrected chi connectivity index (χ3v) is 5.12. The zero-order valence-corrected chi connectivity index (χ0v) is 17.1. The normalized spacial score (nSPS) is 16.3. The second-order valence-electron chi connectivity index (χ2n) is 7.31. The first-order valence-electron chi connectivity index (χ1n) is 10.3. The van der Waals surface area contributed by atoms with E-state index in [0.717, 1.165) is 44.7 Å². The molecular formula is C22H32N4O3. The van der Waals surface area contributed by atoms with Gasteiger partial charge >= 0.3 is 0 Å². The van der Waals surface area contributed by atoms with Crippen LogP contribution in [0.1, 0.15) is 12.8 Å². The van der Waals surface area contributed by atoms with E-state index >= 15 is 0 Å². The molecule has 1 aliphatic rings. The Morgan fingerprint density at radius 1 is 1.10 bits per heavy atom. The van der Waals surface area contributed by atoms with Crippen molar-refractivity contribution < 1.29 is 14.6 Å². The number of para-hydroxylation sites is 2. The number of ether oxygens (including phenoxy) is 2. The van der Waals surface area contributed by atoms with Crippen molar-refractivity contribution in [2.45, 2.75) is 25.0 Å². The van der Waals surface area contributed by atoms with Crippen molar-refractivity contribution in [3.05, 3.63) is 48.8 Å². The average molecular weight is 401 g/mol. The van der Waals surface area contributed by atoms with E-state index in [1.807, 2.05) is 36.4 Å². The Hall–Kier alpha value is -2.35. The van der Waals surface area contributed by atoms with Gasteiger partial charge in [-0.3, -0.25) is 4.98 Å². The van der Waals surface area contributed by atoms with E-state index in [1.54, 1.807) is 19.5 Å². The molecule has 3 rings (SSSR count). The van der Waals surface area contributed by atoms with Crippen LogP contribution in [0.3, 0.4) is 0 Å². The number of benzene rings is 1. The van der Waals surface area contributed by atoms with Crippen molar-refractivity contribution in [2.24, 2.45) is 0 Å². The van der Waals surface area contributed by atoms with Gasteiger partial charge in [0.2, 0.25) is 0 Å². The third-order valence-electron chi connectivity index (χ3n) is 5.12. The number of aliphatic hydroxyl groups excluding tert-OH is 1. The number of nitrogens with zero attached hydrogens (tertiary/aromatic N) is 2. The zero-order chi connectivity index (χ0) is 20.3. The third kappa shape index (κ3) is 7.20. The number of piperidine rings is 1. The smallest absolute Gasteiger partial charge is 0.161 e. The van der Waals surface area contributed by atoms with Crippen LogP contribution in [-0.2, 0) is 0 Å². The van der Waals surface area contributed by atoms with Crippen LogP contribution < -0.4 is 20.1 Å². The van der Waals surface area contributed by atoms with Crippen LogP contribution in [0, 0.1) is 0 Å². The topological polar surface area (TPSA) is 78.9 Å². The Morgan fingerprint density at radius 2 is 1.83 bits per heavy atom. The fourth-order valence-electron chi connectivity index (χ4n) is 3.55. The lowest BCUT2D eigenvalue weighted by Gasteiger charge is -2.33. The van der Waals surface area contributed by atoms with Gasteiger partial charge in [0.15, 0.2) is 11.5 Å². The van der Waals surface area contributed by atoms with Crippen LogP contribution in [-0.4, -0.2) is 73.6 Å². The predicted octanol–water partition coefficient (Wildman–Crippen LogP) is 2.00. The molecule has 1 fully saturated rings. The minimum Gasteiger partial charge on any atom is -0.493 e. The zero-order valence-electron chi connectivity index (χ0n) is 17.1. The molecule has 158 valence electrons. The van der Waals surface area contributed by atoms with E-state index in [2.05, 4.69) is 20.5 Å². The summed E-state index contributed by atoms with van der Waals surface area (Å²) in [6, 6.07) is 12.0. The van der Waals surface area contributed by atoms with Crippen LogP contribution >= 0.6 is 0 Å². The van der Waals surface area contributed by atoms with Gasteiger partial charge in [-0.05, 0) is 50.2 Å². The van der Waals surface area contributed by atoms with Crippen molar-refractivity contribution >= 4 is 5.69 Å². The van der Waals surface area contributed by atoms with Crippen molar-refractivity contribution in [3.63, 3.8) is 0 Å². The summed E-state index contributed by atoms with van der Waals surface area (Å²) in [5.74, 6) is 1.35. The van der Waals surface area contributed by atoms with Crippen molar-refractivity contribution in [1.82, 2.24) is 15.2 Å². The van der Waals surface area contributed by atoms with Crippen LogP contribution in [0.5, 0.6) is 11.5 Å². The minimum absolute atomic E-state index is 0.263. The molecule has 1 aromatic heterocycles. The Balaban J connectivity index is 1.28. The Labute approximate surface area is 173 Å². The van der Waals surface area contributed by atoms with Crippen LogP contribution in [0.25, 0.3) is 0 Å². The molecule has 0 radical (unpaired) electrons. The van der Waals surface area contributed by atoms with E-state index < -0.39 is 6.10 Å². The lowest BCUT2D eigenvalue weighted by atomic mass is 10.0. The van der Waals surface area contributed by atoms with E-state index in [4.69, 9.17) is 9.47 Å². The van der Waals surface area contributed by atoms with Gasteiger partial charge in [-0.15, -0.1) is 0 Å². The SMILES string of the molecule is COc1ccccc1OCC(O)CN1CCC(NCCNc2ccncc2)CC1. The number of pyridine rings is 1. The number of nitrogens with one attached hydrogen (secondary N) is 2. The molecule has 7 heteroatoms. The molecule has 1 aromatic carbocycles. The molecule has 3 N–H and O–H groups in total. The van der Waals surface area contributed by atoms with E-state index in [0.29, 0.717) is 24.1 Å². The van der Waals surface area contributed by atoms with Gasteiger partial charge in [0.05, 0.1) is 7.11 Å². The first-order valence-corrected chi connectivity index (χ1v) is 10.3. The number of aromatic nitrogens is 1. The molecule has 1 saturated heterocycles. The molecular weight excluding hydrogens is 368 g/mol. The number of anilines is 1. The van der Waals surface area contributed by atoms with Crippen molar-refractivity contribution in [3.8, 4) is 11.5 Å². The Morgan fingerprint density at radius 3 is 2.55 bits per heavy atom. The molecule has 2 heterocycles. The molecule has 0 spiro atoms. The Kier molecular flexibility index (Phi) is 8.55. The molecule has 0 amide bonds. The lowest BCUT2D eigenvalue weighted by molar-refractivity contribution is 0.0572. The average Bonchev–Trinajstić information content (AvgIpc) is 2.77. The summed E-state index contributed by atoms with van der Waals surface area (Å²) in [5.41, 5.74) is 1.10. The quantitative estimate of drug-likeness (QED) is 0.498. The van der Waals surface area contributed by atoms with Gasteiger partial charge in [-0.25, -0.2) is 0 Å². The monoisotopic (exact) mass is 400 g/mol. The summed E-state index contributed by atoms with van der Waals surface area (Å²) >= 11 is 0. The van der Waals surface area contributed by atoms with Gasteiger partial charge in [-0.2, -0.15) is 0 Å². The summed E-state index contributed by atoms with van der Waals surface area (Å²) < 4.78 is 11.0. The maximum Gasteiger partial charge on any atom is 0.161 e. The van der Waals surface area contributed by atoms with Gasteiger partial charge in [-0.1, -0.05) is 12.1 Å². The largest absolute Gasteiger partial charge is 0.493 e. The van der Waals surface area contributed by atoms with E-state index in [-0.39, 0.29) is 6.61 Å². The summed E-state index contributed by atoms with van der Waals surface area (Å²) in [5, 5.41) is 17.3. The highest BCUT2D eigenvalue weighted by Crippen LogP contribution is 2.25. The van der Waals surface area contributed by atoms with E-state index in [1.165, 1.54) is 0 Å². The maximum absolute atomic E-state index is 10.3. The molecule has 7 nitrogen and oxygen atoms in total. The number of rotatable bonds is 11. The summed E-state index contributed by atoms with van der Waals surface area (Å²) in [4.78, 5) is 6.33. The van der Waals surface area contributed by atoms with Crippen LogP contribution in [0.15, 0.2) is 48.8 Å². The summed E-state index contributed by atoms with van der Waals surface area (Å²) in [6.45, 7) is 4.69. The molecule has 29 heavy (non-hydrogen) atoms.